The normalized spacial score (nSPS) is 12.2. The van der Waals surface area contributed by atoms with Crippen molar-refractivity contribution in [3.63, 3.8) is 0 Å². The number of hydrogen-bond acceptors (Lipinski definition) is 5. The second kappa shape index (κ2) is 8.12. The van der Waals surface area contributed by atoms with Gasteiger partial charge in [-0.2, -0.15) is 0 Å². The molecule has 2 aromatic carbocycles. The van der Waals surface area contributed by atoms with Crippen LogP contribution in [0.15, 0.2) is 59.4 Å². The molecule has 0 saturated carbocycles. The van der Waals surface area contributed by atoms with Crippen LogP contribution in [0.5, 0.6) is 0 Å². The van der Waals surface area contributed by atoms with E-state index in [1.807, 2.05) is 64.1 Å². The smallest absolute Gasteiger partial charge is 0.257 e. The lowest BCUT2D eigenvalue weighted by Crippen LogP contribution is -2.18. The zero-order chi connectivity index (χ0) is 24.0. The van der Waals surface area contributed by atoms with Gasteiger partial charge in [0.25, 0.3) is 5.56 Å². The van der Waals surface area contributed by atoms with Crippen molar-refractivity contribution in [3.8, 4) is 22.4 Å². The first-order valence-electron chi connectivity index (χ1n) is 10.5. The van der Waals surface area contributed by atoms with Crippen LogP contribution in [0.25, 0.3) is 33.3 Å². The summed E-state index contributed by atoms with van der Waals surface area (Å²) in [6, 6.07) is 16.7. The lowest BCUT2D eigenvalue weighted by molar-refractivity contribution is 0.549. The maximum atomic E-state index is 12.7. The third-order valence-corrected chi connectivity index (χ3v) is 5.81. The van der Waals surface area contributed by atoms with Crippen molar-refractivity contribution in [2.45, 2.75) is 33.1 Å². The second-order valence-corrected chi connectivity index (χ2v) is 11.0. The molecule has 0 amide bonds. The molecule has 0 unspecified atom stereocenters. The molecule has 4 rings (SSSR count). The minimum Gasteiger partial charge on any atom is -0.326 e. The Morgan fingerprint density at radius 3 is 2.18 bits per heavy atom. The Morgan fingerprint density at radius 1 is 0.909 bits per heavy atom. The highest BCUT2D eigenvalue weighted by atomic mass is 32.2. The number of aryl methyl sites for hydroxylation is 1. The summed E-state index contributed by atoms with van der Waals surface area (Å²) in [7, 11) is -3.33. The van der Waals surface area contributed by atoms with Gasteiger partial charge < -0.3 is 4.98 Å². The van der Waals surface area contributed by atoms with Gasteiger partial charge in [-0.1, -0.05) is 39.0 Å². The second-order valence-electron chi connectivity index (χ2n) is 9.21. The highest BCUT2D eigenvalue weighted by Gasteiger charge is 2.21. The third-order valence-electron chi connectivity index (χ3n) is 5.20. The molecule has 2 N–H and O–H groups in total. The minimum absolute atomic E-state index is 0.187. The fourth-order valence-corrected chi connectivity index (χ4v) is 4.12. The molecule has 33 heavy (non-hydrogen) atoms. The van der Waals surface area contributed by atoms with E-state index < -0.39 is 10.0 Å². The standard InChI is InChI=1S/C25H26N4O3S/c1-15-6-12-20(23(30)26-15)22-19-13-9-17(14-21(19)27-24(28-22)25(2,3)4)16-7-10-18(11-8-16)29-33(5,31)32/h6-14,29H,1-5H3,(H,26,30). The topological polar surface area (TPSA) is 105 Å². The Hall–Kier alpha value is -3.52. The zero-order valence-corrected chi connectivity index (χ0v) is 20.0. The minimum atomic E-state index is -3.33. The molecule has 2 heterocycles. The molecule has 0 aliphatic carbocycles. The van der Waals surface area contributed by atoms with E-state index in [9.17, 15) is 13.2 Å². The molecule has 0 saturated heterocycles. The fourth-order valence-electron chi connectivity index (χ4n) is 3.55. The number of hydrogen-bond donors (Lipinski definition) is 2. The van der Waals surface area contributed by atoms with E-state index in [1.165, 1.54) is 0 Å². The lowest BCUT2D eigenvalue weighted by Gasteiger charge is -2.19. The zero-order valence-electron chi connectivity index (χ0n) is 19.2. The van der Waals surface area contributed by atoms with Crippen molar-refractivity contribution < 1.29 is 8.42 Å². The number of aromatic nitrogens is 3. The van der Waals surface area contributed by atoms with E-state index in [0.717, 1.165) is 34.0 Å². The number of H-pyrrole nitrogens is 1. The molecule has 0 bridgehead atoms. The molecule has 0 aliphatic rings. The molecule has 0 aliphatic heterocycles. The van der Waals surface area contributed by atoms with Crippen molar-refractivity contribution in [2.75, 3.05) is 11.0 Å². The van der Waals surface area contributed by atoms with Gasteiger partial charge in [0.05, 0.1) is 23.0 Å². The van der Waals surface area contributed by atoms with Gasteiger partial charge in [-0.15, -0.1) is 0 Å². The van der Waals surface area contributed by atoms with E-state index in [0.29, 0.717) is 22.8 Å². The molecule has 2 aromatic heterocycles. The summed E-state index contributed by atoms with van der Waals surface area (Å²) in [5.74, 6) is 0.648. The van der Waals surface area contributed by atoms with Gasteiger partial charge in [-0.05, 0) is 54.4 Å². The van der Waals surface area contributed by atoms with E-state index in [2.05, 4.69) is 9.71 Å². The van der Waals surface area contributed by atoms with Gasteiger partial charge in [-0.25, -0.2) is 18.4 Å². The molecular formula is C25H26N4O3S. The highest BCUT2D eigenvalue weighted by molar-refractivity contribution is 7.92. The Morgan fingerprint density at radius 2 is 1.58 bits per heavy atom. The Labute approximate surface area is 193 Å². The average Bonchev–Trinajstić information content (AvgIpc) is 2.71. The summed E-state index contributed by atoms with van der Waals surface area (Å²) < 4.78 is 25.4. The average molecular weight is 463 g/mol. The van der Waals surface area contributed by atoms with Crippen LogP contribution in [0.1, 0.15) is 32.3 Å². The SMILES string of the molecule is Cc1ccc(-c2nc(C(C)(C)C)nc3cc(-c4ccc(NS(C)(=O)=O)cc4)ccc23)c(=O)[nH]1. The summed E-state index contributed by atoms with van der Waals surface area (Å²) in [6.07, 6.45) is 1.12. The Bertz CT molecular complexity index is 1520. The molecule has 7 nitrogen and oxygen atoms in total. The summed E-state index contributed by atoms with van der Waals surface area (Å²) >= 11 is 0. The van der Waals surface area contributed by atoms with E-state index in [1.54, 1.807) is 18.2 Å². The first kappa shape index (κ1) is 22.7. The molecule has 0 atom stereocenters. The number of fused-ring (bicyclic) bond motifs is 1. The van der Waals surface area contributed by atoms with Crippen LogP contribution >= 0.6 is 0 Å². The summed E-state index contributed by atoms with van der Waals surface area (Å²) in [5, 5.41) is 0.788. The van der Waals surface area contributed by atoms with Crippen molar-refractivity contribution in [2.24, 2.45) is 0 Å². The number of sulfonamides is 1. The number of benzene rings is 2. The summed E-state index contributed by atoms with van der Waals surface area (Å²) in [5.41, 5.74) is 4.48. The molecule has 0 radical (unpaired) electrons. The largest absolute Gasteiger partial charge is 0.326 e. The van der Waals surface area contributed by atoms with Crippen LogP contribution in [0.2, 0.25) is 0 Å². The van der Waals surface area contributed by atoms with Gasteiger partial charge in [0, 0.05) is 22.2 Å². The fraction of sp³-hybridized carbons (Fsp3) is 0.240. The maximum Gasteiger partial charge on any atom is 0.257 e. The first-order valence-corrected chi connectivity index (χ1v) is 12.4. The van der Waals surface area contributed by atoms with Gasteiger partial charge in [0.1, 0.15) is 5.82 Å². The maximum absolute atomic E-state index is 12.7. The molecule has 4 aromatic rings. The number of anilines is 1. The monoisotopic (exact) mass is 462 g/mol. The summed E-state index contributed by atoms with van der Waals surface area (Å²) in [6.45, 7) is 7.95. The number of nitrogens with zero attached hydrogens (tertiary/aromatic N) is 2. The molecule has 8 heteroatoms. The van der Waals surface area contributed by atoms with Gasteiger partial charge in [-0.3, -0.25) is 9.52 Å². The summed E-state index contributed by atoms with van der Waals surface area (Å²) in [4.78, 5) is 25.2. The molecular weight excluding hydrogens is 436 g/mol. The number of nitrogens with one attached hydrogen (secondary N) is 2. The van der Waals surface area contributed by atoms with Gasteiger partial charge >= 0.3 is 0 Å². The van der Waals surface area contributed by atoms with Crippen molar-refractivity contribution in [1.29, 1.82) is 0 Å². The quantitative estimate of drug-likeness (QED) is 0.460. The number of pyridine rings is 1. The van der Waals surface area contributed by atoms with Crippen LogP contribution < -0.4 is 10.3 Å². The van der Waals surface area contributed by atoms with E-state index in [4.69, 9.17) is 9.97 Å². The molecule has 170 valence electrons. The number of rotatable bonds is 4. The van der Waals surface area contributed by atoms with Crippen LogP contribution in [0, 0.1) is 6.92 Å². The van der Waals surface area contributed by atoms with Crippen LogP contribution in [0.4, 0.5) is 5.69 Å². The van der Waals surface area contributed by atoms with Crippen LogP contribution in [-0.4, -0.2) is 29.6 Å². The van der Waals surface area contributed by atoms with Crippen molar-refractivity contribution in [1.82, 2.24) is 15.0 Å². The lowest BCUT2D eigenvalue weighted by atomic mass is 9.94. The van der Waals surface area contributed by atoms with E-state index >= 15 is 0 Å². The highest BCUT2D eigenvalue weighted by Crippen LogP contribution is 2.31. The van der Waals surface area contributed by atoms with Crippen molar-refractivity contribution in [3.05, 3.63) is 76.5 Å². The Balaban J connectivity index is 1.87. The van der Waals surface area contributed by atoms with Crippen molar-refractivity contribution >= 4 is 26.6 Å². The molecule has 0 spiro atoms. The van der Waals surface area contributed by atoms with Gasteiger partial charge in [0.2, 0.25) is 10.0 Å². The van der Waals surface area contributed by atoms with E-state index in [-0.39, 0.29) is 11.0 Å². The van der Waals surface area contributed by atoms with Gasteiger partial charge in [0.15, 0.2) is 0 Å². The first-order chi connectivity index (χ1) is 15.4. The Kier molecular flexibility index (Phi) is 5.57. The predicted molar refractivity (Wildman–Crippen MR) is 133 cm³/mol. The number of aromatic amines is 1. The third kappa shape index (κ3) is 4.96. The molecule has 0 fully saturated rings. The van der Waals surface area contributed by atoms with Crippen LogP contribution in [-0.2, 0) is 15.4 Å². The predicted octanol–water partition coefficient (Wildman–Crippen LogP) is 4.63. The van der Waals surface area contributed by atoms with Crippen LogP contribution in [0.3, 0.4) is 0 Å².